The minimum absolute atomic E-state index is 0. The molecule has 1 atom stereocenters. The van der Waals surface area contributed by atoms with Crippen LogP contribution in [0, 0.1) is 12.8 Å². The van der Waals surface area contributed by atoms with Crippen molar-refractivity contribution in [3.63, 3.8) is 0 Å². The van der Waals surface area contributed by atoms with Crippen LogP contribution in [-0.4, -0.2) is 19.7 Å². The van der Waals surface area contributed by atoms with Crippen molar-refractivity contribution >= 4 is 12.4 Å². The summed E-state index contributed by atoms with van der Waals surface area (Å²) in [4.78, 5) is 0. The van der Waals surface area contributed by atoms with E-state index in [9.17, 15) is 0 Å². The van der Waals surface area contributed by atoms with Crippen LogP contribution in [0.5, 0.6) is 5.75 Å². The molecule has 3 heteroatoms. The SMILES string of the molecule is Cc1cccc(OCC2CCCNC2)c1.Cl. The molecule has 0 aromatic heterocycles. The van der Waals surface area contributed by atoms with E-state index in [2.05, 4.69) is 24.4 Å². The van der Waals surface area contributed by atoms with E-state index < -0.39 is 0 Å². The molecule has 90 valence electrons. The third-order valence-corrected chi connectivity index (χ3v) is 2.87. The predicted molar refractivity (Wildman–Crippen MR) is 69.5 cm³/mol. The largest absolute Gasteiger partial charge is 0.493 e. The topological polar surface area (TPSA) is 21.3 Å². The Kier molecular flexibility index (Phi) is 5.64. The van der Waals surface area contributed by atoms with Crippen molar-refractivity contribution in [3.8, 4) is 5.75 Å². The van der Waals surface area contributed by atoms with Crippen LogP contribution in [0.1, 0.15) is 18.4 Å². The molecule has 1 unspecified atom stereocenters. The molecule has 2 rings (SSSR count). The molecule has 1 saturated heterocycles. The molecule has 1 aliphatic rings. The molecule has 0 aliphatic carbocycles. The lowest BCUT2D eigenvalue weighted by atomic mass is 10.0. The first kappa shape index (κ1) is 13.3. The maximum Gasteiger partial charge on any atom is 0.119 e. The number of piperidine rings is 1. The van der Waals surface area contributed by atoms with Gasteiger partial charge in [-0.05, 0) is 44.0 Å². The van der Waals surface area contributed by atoms with Crippen LogP contribution in [0.2, 0.25) is 0 Å². The molecule has 1 aliphatic heterocycles. The Bertz CT molecular complexity index is 311. The monoisotopic (exact) mass is 241 g/mol. The van der Waals surface area contributed by atoms with Gasteiger partial charge in [0.05, 0.1) is 6.61 Å². The fourth-order valence-corrected chi connectivity index (χ4v) is 1.99. The Hall–Kier alpha value is -0.730. The minimum Gasteiger partial charge on any atom is -0.493 e. The highest BCUT2D eigenvalue weighted by Gasteiger charge is 2.13. The molecule has 1 heterocycles. The molecule has 0 amide bonds. The third-order valence-electron chi connectivity index (χ3n) is 2.87. The van der Waals surface area contributed by atoms with Crippen LogP contribution in [0.25, 0.3) is 0 Å². The summed E-state index contributed by atoms with van der Waals surface area (Å²) in [5.41, 5.74) is 1.26. The molecular weight excluding hydrogens is 222 g/mol. The van der Waals surface area contributed by atoms with Crippen LogP contribution in [0.4, 0.5) is 0 Å². The van der Waals surface area contributed by atoms with E-state index in [1.807, 2.05) is 12.1 Å². The summed E-state index contributed by atoms with van der Waals surface area (Å²) in [6, 6.07) is 8.26. The van der Waals surface area contributed by atoms with E-state index in [1.54, 1.807) is 0 Å². The zero-order valence-electron chi connectivity index (χ0n) is 9.74. The number of aryl methyl sites for hydroxylation is 1. The average Bonchev–Trinajstić information content (AvgIpc) is 2.28. The Morgan fingerprint density at radius 3 is 3.00 bits per heavy atom. The molecule has 1 fully saturated rings. The minimum atomic E-state index is 0. The maximum atomic E-state index is 5.79. The van der Waals surface area contributed by atoms with Gasteiger partial charge in [-0.3, -0.25) is 0 Å². The van der Waals surface area contributed by atoms with Crippen LogP contribution >= 0.6 is 12.4 Å². The Morgan fingerprint density at radius 1 is 1.44 bits per heavy atom. The first-order valence-corrected chi connectivity index (χ1v) is 5.75. The number of benzene rings is 1. The van der Waals surface area contributed by atoms with Gasteiger partial charge >= 0.3 is 0 Å². The average molecular weight is 242 g/mol. The lowest BCUT2D eigenvalue weighted by molar-refractivity contribution is 0.218. The van der Waals surface area contributed by atoms with Crippen LogP contribution in [-0.2, 0) is 0 Å². The van der Waals surface area contributed by atoms with Crippen LogP contribution < -0.4 is 10.1 Å². The molecule has 0 spiro atoms. The van der Waals surface area contributed by atoms with Gasteiger partial charge in [0, 0.05) is 12.5 Å². The second-order valence-corrected chi connectivity index (χ2v) is 4.34. The summed E-state index contributed by atoms with van der Waals surface area (Å²) in [5.74, 6) is 1.68. The number of ether oxygens (including phenoxy) is 1. The molecule has 1 N–H and O–H groups in total. The Labute approximate surface area is 104 Å². The lowest BCUT2D eigenvalue weighted by Gasteiger charge is -2.22. The molecule has 1 aromatic carbocycles. The van der Waals surface area contributed by atoms with Gasteiger partial charge < -0.3 is 10.1 Å². The Balaban J connectivity index is 0.00000128. The molecule has 16 heavy (non-hydrogen) atoms. The van der Waals surface area contributed by atoms with E-state index >= 15 is 0 Å². The predicted octanol–water partition coefficient (Wildman–Crippen LogP) is 2.80. The van der Waals surface area contributed by atoms with E-state index in [0.717, 1.165) is 18.9 Å². The lowest BCUT2D eigenvalue weighted by Crippen LogP contribution is -2.33. The smallest absolute Gasteiger partial charge is 0.119 e. The second-order valence-electron chi connectivity index (χ2n) is 4.34. The van der Waals surface area contributed by atoms with Crippen molar-refractivity contribution < 1.29 is 4.74 Å². The highest BCUT2D eigenvalue weighted by molar-refractivity contribution is 5.85. The Morgan fingerprint density at radius 2 is 2.31 bits per heavy atom. The standard InChI is InChI=1S/C13H19NO.ClH/c1-11-4-2-6-13(8-11)15-10-12-5-3-7-14-9-12;/h2,4,6,8,12,14H,3,5,7,9-10H2,1H3;1H. The molecule has 0 bridgehead atoms. The van der Waals surface area contributed by atoms with Gasteiger partial charge in [-0.15, -0.1) is 12.4 Å². The maximum absolute atomic E-state index is 5.79. The molecular formula is C13H20ClNO. The molecule has 1 aromatic rings. The number of halogens is 1. The van der Waals surface area contributed by atoms with Crippen molar-refractivity contribution in [1.29, 1.82) is 0 Å². The molecule has 0 saturated carbocycles. The highest BCUT2D eigenvalue weighted by Crippen LogP contribution is 2.16. The van der Waals surface area contributed by atoms with Crippen molar-refractivity contribution in [2.75, 3.05) is 19.7 Å². The third kappa shape index (κ3) is 4.03. The fraction of sp³-hybridized carbons (Fsp3) is 0.538. The van der Waals surface area contributed by atoms with Gasteiger partial charge in [0.15, 0.2) is 0 Å². The van der Waals surface area contributed by atoms with Crippen LogP contribution in [0.15, 0.2) is 24.3 Å². The van der Waals surface area contributed by atoms with Crippen molar-refractivity contribution in [1.82, 2.24) is 5.32 Å². The van der Waals surface area contributed by atoms with E-state index in [4.69, 9.17) is 4.74 Å². The zero-order chi connectivity index (χ0) is 10.5. The summed E-state index contributed by atoms with van der Waals surface area (Å²) in [6.45, 7) is 5.21. The fourth-order valence-electron chi connectivity index (χ4n) is 1.99. The highest BCUT2D eigenvalue weighted by atomic mass is 35.5. The van der Waals surface area contributed by atoms with E-state index in [0.29, 0.717) is 5.92 Å². The summed E-state index contributed by atoms with van der Waals surface area (Å²) >= 11 is 0. The number of hydrogen-bond donors (Lipinski definition) is 1. The summed E-state index contributed by atoms with van der Waals surface area (Å²) in [5, 5.41) is 3.40. The number of nitrogens with one attached hydrogen (secondary N) is 1. The van der Waals surface area contributed by atoms with Crippen molar-refractivity contribution in [3.05, 3.63) is 29.8 Å². The van der Waals surface area contributed by atoms with E-state index in [-0.39, 0.29) is 12.4 Å². The summed E-state index contributed by atoms with van der Waals surface area (Å²) < 4.78 is 5.79. The van der Waals surface area contributed by atoms with Gasteiger partial charge in [0.1, 0.15) is 5.75 Å². The number of hydrogen-bond acceptors (Lipinski definition) is 2. The van der Waals surface area contributed by atoms with Crippen LogP contribution in [0.3, 0.4) is 0 Å². The van der Waals surface area contributed by atoms with Gasteiger partial charge in [-0.1, -0.05) is 12.1 Å². The van der Waals surface area contributed by atoms with Gasteiger partial charge in [0.25, 0.3) is 0 Å². The normalized spacial score (nSPS) is 19.9. The summed E-state index contributed by atoms with van der Waals surface area (Å²) in [7, 11) is 0. The second kappa shape index (κ2) is 6.77. The van der Waals surface area contributed by atoms with Crippen molar-refractivity contribution in [2.24, 2.45) is 5.92 Å². The summed E-state index contributed by atoms with van der Waals surface area (Å²) in [6.07, 6.45) is 2.57. The van der Waals surface area contributed by atoms with Crippen molar-refractivity contribution in [2.45, 2.75) is 19.8 Å². The van der Waals surface area contributed by atoms with Gasteiger partial charge in [-0.25, -0.2) is 0 Å². The quantitative estimate of drug-likeness (QED) is 0.879. The van der Waals surface area contributed by atoms with Gasteiger partial charge in [0.2, 0.25) is 0 Å². The molecule has 0 radical (unpaired) electrons. The first-order chi connectivity index (χ1) is 7.34. The number of rotatable bonds is 3. The first-order valence-electron chi connectivity index (χ1n) is 5.75. The zero-order valence-corrected chi connectivity index (χ0v) is 10.6. The van der Waals surface area contributed by atoms with Gasteiger partial charge in [-0.2, -0.15) is 0 Å². The molecule has 2 nitrogen and oxygen atoms in total. The van der Waals surface area contributed by atoms with E-state index in [1.165, 1.54) is 24.9 Å².